The maximum atomic E-state index is 5.42. The van der Waals surface area contributed by atoms with Crippen LogP contribution in [-0.4, -0.2) is 31.3 Å². The molecule has 2 aromatic rings. The van der Waals surface area contributed by atoms with Crippen LogP contribution in [-0.2, 0) is 0 Å². The zero-order chi connectivity index (χ0) is 13.1. The highest BCUT2D eigenvalue weighted by atomic mass is 16.5. The van der Waals surface area contributed by atoms with Crippen LogP contribution < -0.4 is 14.2 Å². The summed E-state index contributed by atoms with van der Waals surface area (Å²) in [4.78, 5) is 7.35. The molecule has 0 aliphatic rings. The van der Waals surface area contributed by atoms with Crippen molar-refractivity contribution in [1.82, 2.24) is 9.97 Å². The van der Waals surface area contributed by atoms with Crippen molar-refractivity contribution < 1.29 is 14.2 Å². The van der Waals surface area contributed by atoms with E-state index < -0.39 is 0 Å². The molecule has 0 amide bonds. The summed E-state index contributed by atoms with van der Waals surface area (Å²) in [5.41, 5.74) is 1.76. The lowest BCUT2D eigenvalue weighted by atomic mass is 10.1. The van der Waals surface area contributed by atoms with Gasteiger partial charge in [0.2, 0.25) is 5.75 Å². The number of imidazole rings is 1. The second kappa shape index (κ2) is 5.00. The summed E-state index contributed by atoms with van der Waals surface area (Å²) in [6.07, 6.45) is 1.76. The fourth-order valence-electron chi connectivity index (χ4n) is 1.87. The quantitative estimate of drug-likeness (QED) is 0.902. The summed E-state index contributed by atoms with van der Waals surface area (Å²) in [5, 5.41) is 0. The van der Waals surface area contributed by atoms with Crippen molar-refractivity contribution in [3.8, 4) is 28.5 Å². The monoisotopic (exact) mass is 248 g/mol. The minimum absolute atomic E-state index is 0.574. The Hall–Kier alpha value is -2.17. The summed E-state index contributed by atoms with van der Waals surface area (Å²) < 4.78 is 16.0. The molecule has 1 N–H and O–H groups in total. The Kier molecular flexibility index (Phi) is 3.41. The first-order valence-corrected chi connectivity index (χ1v) is 5.52. The maximum absolute atomic E-state index is 5.42. The molecule has 0 saturated heterocycles. The topological polar surface area (TPSA) is 56.4 Å². The van der Waals surface area contributed by atoms with E-state index in [0.29, 0.717) is 17.2 Å². The predicted molar refractivity (Wildman–Crippen MR) is 68.4 cm³/mol. The van der Waals surface area contributed by atoms with Gasteiger partial charge < -0.3 is 19.2 Å². The van der Waals surface area contributed by atoms with Crippen molar-refractivity contribution in [2.75, 3.05) is 21.3 Å². The van der Waals surface area contributed by atoms with Crippen LogP contribution in [0.5, 0.6) is 17.2 Å². The number of aromatic amines is 1. The number of benzene rings is 1. The lowest BCUT2D eigenvalue weighted by molar-refractivity contribution is 0.325. The molecule has 0 radical (unpaired) electrons. The highest BCUT2D eigenvalue weighted by Gasteiger charge is 2.17. The van der Waals surface area contributed by atoms with Crippen LogP contribution in [0.15, 0.2) is 18.3 Å². The van der Waals surface area contributed by atoms with Gasteiger partial charge in [-0.05, 0) is 19.1 Å². The molecule has 5 nitrogen and oxygen atoms in total. The normalized spacial score (nSPS) is 10.2. The Bertz CT molecular complexity index is 549. The van der Waals surface area contributed by atoms with E-state index >= 15 is 0 Å². The van der Waals surface area contributed by atoms with Crippen molar-refractivity contribution in [2.45, 2.75) is 6.92 Å². The van der Waals surface area contributed by atoms with Crippen LogP contribution in [0.4, 0.5) is 0 Å². The van der Waals surface area contributed by atoms with E-state index in [9.17, 15) is 0 Å². The van der Waals surface area contributed by atoms with E-state index in [0.717, 1.165) is 17.1 Å². The average molecular weight is 248 g/mol. The Balaban J connectivity index is 2.61. The summed E-state index contributed by atoms with van der Waals surface area (Å²) in [6, 6.07) is 3.75. The first-order chi connectivity index (χ1) is 8.71. The molecule has 1 aromatic carbocycles. The largest absolute Gasteiger partial charge is 0.493 e. The summed E-state index contributed by atoms with van der Waals surface area (Å²) in [5.74, 6) is 2.68. The molecule has 0 aliphatic heterocycles. The minimum Gasteiger partial charge on any atom is -0.493 e. The van der Waals surface area contributed by atoms with Gasteiger partial charge in [-0.3, -0.25) is 0 Å². The maximum Gasteiger partial charge on any atom is 0.203 e. The van der Waals surface area contributed by atoms with Gasteiger partial charge in [-0.25, -0.2) is 4.98 Å². The van der Waals surface area contributed by atoms with E-state index in [1.807, 2.05) is 19.1 Å². The number of rotatable bonds is 4. The molecule has 0 bridgehead atoms. The highest BCUT2D eigenvalue weighted by molar-refractivity contribution is 5.73. The van der Waals surface area contributed by atoms with Crippen LogP contribution in [0.1, 0.15) is 5.82 Å². The summed E-state index contributed by atoms with van der Waals surface area (Å²) >= 11 is 0. The average Bonchev–Trinajstić information content (AvgIpc) is 2.83. The van der Waals surface area contributed by atoms with Gasteiger partial charge in [0.15, 0.2) is 11.5 Å². The second-order valence-electron chi connectivity index (χ2n) is 3.76. The third-order valence-corrected chi connectivity index (χ3v) is 2.70. The molecule has 2 rings (SSSR count). The number of methoxy groups -OCH3 is 3. The van der Waals surface area contributed by atoms with Gasteiger partial charge in [0, 0.05) is 5.56 Å². The number of hydrogen-bond acceptors (Lipinski definition) is 4. The zero-order valence-corrected chi connectivity index (χ0v) is 10.9. The van der Waals surface area contributed by atoms with E-state index in [1.165, 1.54) is 0 Å². The van der Waals surface area contributed by atoms with Gasteiger partial charge in [0.1, 0.15) is 5.82 Å². The van der Waals surface area contributed by atoms with Crippen LogP contribution in [0.3, 0.4) is 0 Å². The molecule has 0 atom stereocenters. The summed E-state index contributed by atoms with van der Waals surface area (Å²) in [6.45, 7) is 1.90. The molecular formula is C13H16N2O3. The number of nitrogens with one attached hydrogen (secondary N) is 1. The first-order valence-electron chi connectivity index (χ1n) is 5.52. The number of aromatic nitrogens is 2. The van der Waals surface area contributed by atoms with E-state index in [4.69, 9.17) is 14.2 Å². The lowest BCUT2D eigenvalue weighted by Crippen LogP contribution is -1.97. The van der Waals surface area contributed by atoms with Crippen molar-refractivity contribution in [2.24, 2.45) is 0 Å². The Morgan fingerprint density at radius 1 is 1.00 bits per heavy atom. The minimum atomic E-state index is 0.574. The molecule has 0 unspecified atom stereocenters. The molecule has 5 heteroatoms. The number of hydrogen-bond donors (Lipinski definition) is 1. The molecule has 0 fully saturated rings. The van der Waals surface area contributed by atoms with Gasteiger partial charge in [0.05, 0.1) is 33.2 Å². The van der Waals surface area contributed by atoms with Crippen molar-refractivity contribution in [3.05, 3.63) is 24.2 Å². The van der Waals surface area contributed by atoms with E-state index in [-0.39, 0.29) is 0 Å². The molecule has 0 saturated carbocycles. The SMILES string of the molecule is COc1ccc(-c2cnc(C)[nH]2)c(OC)c1OC. The van der Waals surface area contributed by atoms with Gasteiger partial charge in [0.25, 0.3) is 0 Å². The molecule has 96 valence electrons. The van der Waals surface area contributed by atoms with Crippen LogP contribution in [0.2, 0.25) is 0 Å². The molecule has 1 heterocycles. The highest BCUT2D eigenvalue weighted by Crippen LogP contribution is 2.43. The van der Waals surface area contributed by atoms with Crippen molar-refractivity contribution in [1.29, 1.82) is 0 Å². The second-order valence-corrected chi connectivity index (χ2v) is 3.76. The third kappa shape index (κ3) is 1.99. The van der Waals surface area contributed by atoms with Crippen LogP contribution in [0, 0.1) is 6.92 Å². The van der Waals surface area contributed by atoms with Crippen LogP contribution >= 0.6 is 0 Å². The fraction of sp³-hybridized carbons (Fsp3) is 0.308. The van der Waals surface area contributed by atoms with E-state index in [1.54, 1.807) is 27.5 Å². The van der Waals surface area contributed by atoms with E-state index in [2.05, 4.69) is 9.97 Å². The third-order valence-electron chi connectivity index (χ3n) is 2.70. The van der Waals surface area contributed by atoms with Gasteiger partial charge in [-0.15, -0.1) is 0 Å². The number of ether oxygens (including phenoxy) is 3. The first kappa shape index (κ1) is 12.3. The Morgan fingerprint density at radius 2 is 1.72 bits per heavy atom. The van der Waals surface area contributed by atoms with Gasteiger partial charge in [-0.2, -0.15) is 0 Å². The number of aryl methyl sites for hydroxylation is 1. The Morgan fingerprint density at radius 3 is 2.22 bits per heavy atom. The fourth-order valence-corrected chi connectivity index (χ4v) is 1.87. The molecule has 0 aliphatic carbocycles. The smallest absolute Gasteiger partial charge is 0.203 e. The number of H-pyrrole nitrogens is 1. The molecular weight excluding hydrogens is 232 g/mol. The molecule has 1 aromatic heterocycles. The standard InChI is InChI=1S/C13H16N2O3/c1-8-14-7-10(15-8)9-5-6-11(16-2)13(18-4)12(9)17-3/h5-7H,1-4H3,(H,14,15). The van der Waals surface area contributed by atoms with Crippen molar-refractivity contribution in [3.63, 3.8) is 0 Å². The summed E-state index contributed by atoms with van der Waals surface area (Å²) in [7, 11) is 4.78. The Labute approximate surface area is 106 Å². The lowest BCUT2D eigenvalue weighted by Gasteiger charge is -2.14. The van der Waals surface area contributed by atoms with Gasteiger partial charge in [-0.1, -0.05) is 0 Å². The number of nitrogens with zero attached hydrogens (tertiary/aromatic N) is 1. The molecule has 18 heavy (non-hydrogen) atoms. The van der Waals surface area contributed by atoms with Crippen LogP contribution in [0.25, 0.3) is 11.3 Å². The predicted octanol–water partition coefficient (Wildman–Crippen LogP) is 2.41. The zero-order valence-electron chi connectivity index (χ0n) is 10.9. The van der Waals surface area contributed by atoms with Gasteiger partial charge >= 0.3 is 0 Å². The molecule has 0 spiro atoms. The van der Waals surface area contributed by atoms with Crippen molar-refractivity contribution >= 4 is 0 Å².